The highest BCUT2D eigenvalue weighted by Gasteiger charge is 2.20. The zero-order chi connectivity index (χ0) is 17.3. The molecule has 0 atom stereocenters. The van der Waals surface area contributed by atoms with Gasteiger partial charge in [0.2, 0.25) is 5.91 Å². The Bertz CT molecular complexity index is 525. The Kier molecular flexibility index (Phi) is 11.2. The van der Waals surface area contributed by atoms with E-state index in [0.717, 1.165) is 23.9 Å². The average Bonchev–Trinajstić information content (AvgIpc) is 2.87. The van der Waals surface area contributed by atoms with E-state index in [-0.39, 0.29) is 35.3 Å². The lowest BCUT2D eigenvalue weighted by Gasteiger charge is -2.18. The normalized spacial score (nSPS) is 11.6. The Morgan fingerprint density at radius 2 is 1.92 bits per heavy atom. The van der Waals surface area contributed by atoms with Gasteiger partial charge in [-0.3, -0.25) is 9.79 Å². The number of nitrogens with one attached hydrogen (secondary N) is 3. The second-order valence-corrected chi connectivity index (χ2v) is 7.63. The van der Waals surface area contributed by atoms with Crippen LogP contribution in [-0.4, -0.2) is 43.0 Å². The first-order chi connectivity index (χ1) is 10.8. The summed E-state index contributed by atoms with van der Waals surface area (Å²) in [5.41, 5.74) is -0.357. The highest BCUT2D eigenvalue weighted by molar-refractivity contribution is 14.0. The highest BCUT2D eigenvalue weighted by atomic mass is 127. The molecule has 0 radical (unpaired) electrons. The van der Waals surface area contributed by atoms with Crippen LogP contribution in [0.2, 0.25) is 0 Å². The molecule has 0 unspecified atom stereocenters. The van der Waals surface area contributed by atoms with Gasteiger partial charge < -0.3 is 16.0 Å². The Hall–Kier alpha value is -0.900. The highest BCUT2D eigenvalue weighted by Crippen LogP contribution is 2.12. The van der Waals surface area contributed by atoms with E-state index in [4.69, 9.17) is 0 Å². The number of amides is 1. The number of halogens is 1. The molecular formula is C16H30IN5OS. The Morgan fingerprint density at radius 1 is 1.25 bits per heavy atom. The summed E-state index contributed by atoms with van der Waals surface area (Å²) >= 11 is 1.71. The van der Waals surface area contributed by atoms with Gasteiger partial charge in [-0.2, -0.15) is 0 Å². The number of aryl methyl sites for hydroxylation is 1. The van der Waals surface area contributed by atoms with Crippen LogP contribution in [0.3, 0.4) is 0 Å². The van der Waals surface area contributed by atoms with E-state index in [1.165, 1.54) is 4.88 Å². The van der Waals surface area contributed by atoms with E-state index < -0.39 is 0 Å². The number of thiazole rings is 1. The van der Waals surface area contributed by atoms with Crippen molar-refractivity contribution in [2.24, 2.45) is 10.4 Å². The molecule has 0 saturated heterocycles. The molecule has 0 fully saturated rings. The first-order valence-electron chi connectivity index (χ1n) is 8.04. The van der Waals surface area contributed by atoms with Crippen molar-refractivity contribution < 1.29 is 4.79 Å². The van der Waals surface area contributed by atoms with Gasteiger partial charge in [0, 0.05) is 49.1 Å². The van der Waals surface area contributed by atoms with Crippen molar-refractivity contribution >= 4 is 47.2 Å². The number of rotatable bonds is 7. The number of aromatic nitrogens is 1. The molecule has 0 aliphatic heterocycles. The number of carbonyl (C=O) groups excluding carboxylic acids is 1. The summed E-state index contributed by atoms with van der Waals surface area (Å²) in [6.07, 6.45) is 2.74. The number of hydrogen-bond acceptors (Lipinski definition) is 4. The topological polar surface area (TPSA) is 78.4 Å². The minimum atomic E-state index is -0.357. The van der Waals surface area contributed by atoms with E-state index in [9.17, 15) is 4.79 Å². The van der Waals surface area contributed by atoms with Crippen molar-refractivity contribution in [2.45, 2.75) is 41.0 Å². The van der Waals surface area contributed by atoms with Crippen molar-refractivity contribution in [1.29, 1.82) is 0 Å². The van der Waals surface area contributed by atoms with Crippen LogP contribution >= 0.6 is 35.3 Å². The predicted molar refractivity (Wildman–Crippen MR) is 112 cm³/mol. The number of guanidine groups is 1. The molecule has 1 aromatic rings. The molecule has 0 aliphatic carbocycles. The number of aliphatic imine (C=N–C) groups is 1. The van der Waals surface area contributed by atoms with Crippen LogP contribution in [-0.2, 0) is 11.2 Å². The molecule has 1 aromatic heterocycles. The zero-order valence-electron chi connectivity index (χ0n) is 15.2. The van der Waals surface area contributed by atoms with Gasteiger partial charge in [-0.25, -0.2) is 4.98 Å². The van der Waals surface area contributed by atoms with Crippen LogP contribution < -0.4 is 16.0 Å². The largest absolute Gasteiger partial charge is 0.357 e. The van der Waals surface area contributed by atoms with Gasteiger partial charge in [0.05, 0.1) is 5.01 Å². The molecule has 1 amide bonds. The quantitative estimate of drug-likeness (QED) is 0.249. The summed E-state index contributed by atoms with van der Waals surface area (Å²) < 4.78 is 0. The van der Waals surface area contributed by atoms with Crippen molar-refractivity contribution in [3.8, 4) is 0 Å². The zero-order valence-corrected chi connectivity index (χ0v) is 18.4. The fraction of sp³-hybridized carbons (Fsp3) is 0.688. The smallest absolute Gasteiger partial charge is 0.225 e. The molecule has 3 N–H and O–H groups in total. The molecule has 0 spiro atoms. The predicted octanol–water partition coefficient (Wildman–Crippen LogP) is 2.33. The molecule has 0 saturated carbocycles. The molecule has 1 heterocycles. The molecule has 0 bridgehead atoms. The summed E-state index contributed by atoms with van der Waals surface area (Å²) in [5, 5.41) is 10.5. The van der Waals surface area contributed by atoms with E-state index in [1.807, 2.05) is 33.9 Å². The lowest BCUT2D eigenvalue weighted by atomic mass is 9.96. The van der Waals surface area contributed by atoms with Crippen molar-refractivity contribution in [1.82, 2.24) is 20.9 Å². The molecule has 0 aromatic carbocycles. The van der Waals surface area contributed by atoms with E-state index in [1.54, 1.807) is 11.3 Å². The fourth-order valence-corrected chi connectivity index (χ4v) is 2.52. The lowest BCUT2D eigenvalue weighted by Crippen LogP contribution is -2.43. The summed E-state index contributed by atoms with van der Waals surface area (Å²) in [4.78, 5) is 21.9. The number of carbonyl (C=O) groups is 1. The van der Waals surface area contributed by atoms with Gasteiger partial charge in [0.15, 0.2) is 5.96 Å². The first kappa shape index (κ1) is 23.1. The molecule has 8 heteroatoms. The maximum atomic E-state index is 11.8. The molecular weight excluding hydrogens is 437 g/mol. The number of hydrogen-bond donors (Lipinski definition) is 3. The third kappa shape index (κ3) is 9.41. The monoisotopic (exact) mass is 467 g/mol. The maximum absolute atomic E-state index is 11.8. The molecule has 0 aliphatic rings. The summed E-state index contributed by atoms with van der Waals surface area (Å²) in [6, 6.07) is 0. The van der Waals surface area contributed by atoms with Crippen LogP contribution in [0.4, 0.5) is 0 Å². The van der Waals surface area contributed by atoms with Gasteiger partial charge in [0.25, 0.3) is 0 Å². The van der Waals surface area contributed by atoms with Crippen LogP contribution in [0.5, 0.6) is 0 Å². The molecule has 138 valence electrons. The van der Waals surface area contributed by atoms with Gasteiger partial charge >= 0.3 is 0 Å². The standard InChI is InChI=1S/C16H29N5OS.HI/c1-6-17-15(19-8-7-13-21-11-12(2)23-13)20-10-9-18-14(22)16(3,4)5;/h11H,6-10H2,1-5H3,(H,18,22)(H2,17,19,20);1H. The van der Waals surface area contributed by atoms with E-state index >= 15 is 0 Å². The van der Waals surface area contributed by atoms with E-state index in [2.05, 4.69) is 32.9 Å². The van der Waals surface area contributed by atoms with Crippen molar-refractivity contribution in [3.05, 3.63) is 16.1 Å². The second kappa shape index (κ2) is 11.6. The van der Waals surface area contributed by atoms with E-state index in [0.29, 0.717) is 19.6 Å². The Balaban J connectivity index is 0.00000529. The second-order valence-electron chi connectivity index (χ2n) is 6.31. The third-order valence-corrected chi connectivity index (χ3v) is 3.97. The maximum Gasteiger partial charge on any atom is 0.225 e. The summed E-state index contributed by atoms with van der Waals surface area (Å²) in [6.45, 7) is 12.5. The molecule has 1 rings (SSSR count). The van der Waals surface area contributed by atoms with Gasteiger partial charge in [0.1, 0.15) is 0 Å². The molecule has 6 nitrogen and oxygen atoms in total. The third-order valence-electron chi connectivity index (χ3n) is 2.99. The lowest BCUT2D eigenvalue weighted by molar-refractivity contribution is -0.128. The van der Waals surface area contributed by atoms with Crippen LogP contribution in [0, 0.1) is 12.3 Å². The van der Waals surface area contributed by atoms with Crippen molar-refractivity contribution in [3.63, 3.8) is 0 Å². The van der Waals surface area contributed by atoms with Gasteiger partial charge in [-0.1, -0.05) is 20.8 Å². The van der Waals surface area contributed by atoms with Crippen LogP contribution in [0.15, 0.2) is 11.2 Å². The van der Waals surface area contributed by atoms with Crippen LogP contribution in [0.1, 0.15) is 37.6 Å². The van der Waals surface area contributed by atoms with Gasteiger partial charge in [-0.15, -0.1) is 35.3 Å². The number of nitrogens with zero attached hydrogens (tertiary/aromatic N) is 2. The summed E-state index contributed by atoms with van der Waals surface area (Å²) in [7, 11) is 0. The minimum absolute atomic E-state index is 0. The van der Waals surface area contributed by atoms with Crippen molar-refractivity contribution in [2.75, 3.05) is 26.2 Å². The Morgan fingerprint density at radius 3 is 2.46 bits per heavy atom. The Labute approximate surface area is 166 Å². The minimum Gasteiger partial charge on any atom is -0.357 e. The van der Waals surface area contributed by atoms with Crippen LogP contribution in [0.25, 0.3) is 0 Å². The first-order valence-corrected chi connectivity index (χ1v) is 8.86. The summed E-state index contributed by atoms with van der Waals surface area (Å²) in [5.74, 6) is 0.825. The molecule has 24 heavy (non-hydrogen) atoms. The fourth-order valence-electron chi connectivity index (χ4n) is 1.74. The average molecular weight is 467 g/mol. The van der Waals surface area contributed by atoms with Gasteiger partial charge in [-0.05, 0) is 13.8 Å². The SMILES string of the molecule is CCNC(=NCCc1ncc(C)s1)NCCNC(=O)C(C)(C)C.I.